The predicted molar refractivity (Wildman–Crippen MR) is 131 cm³/mol. The van der Waals surface area contributed by atoms with Crippen molar-refractivity contribution in [3.63, 3.8) is 0 Å². The van der Waals surface area contributed by atoms with E-state index < -0.39 is 22.9 Å². The van der Waals surface area contributed by atoms with Crippen LogP contribution in [0.1, 0.15) is 72.6 Å². The molecule has 0 aromatic carbocycles. The van der Waals surface area contributed by atoms with Crippen molar-refractivity contribution in [1.29, 1.82) is 5.41 Å². The topological polar surface area (TPSA) is 138 Å². The molecule has 0 aromatic heterocycles. The van der Waals surface area contributed by atoms with Crippen molar-refractivity contribution in [3.8, 4) is 0 Å². The Morgan fingerprint density at radius 1 is 1.18 bits per heavy atom. The van der Waals surface area contributed by atoms with E-state index in [1.54, 1.807) is 16.7 Å². The van der Waals surface area contributed by atoms with Crippen molar-refractivity contribution >= 4 is 35.5 Å². The SMILES string of the molecule is CCCOC(=O)N[C@@H](C(=O)N1CCC[C@H]1C(=O)N[C@H]1CC[C@H](C(=N)N)CC1)C(C)(C)SCC. The van der Waals surface area contributed by atoms with E-state index in [2.05, 4.69) is 10.6 Å². The molecule has 5 N–H and O–H groups in total. The Morgan fingerprint density at radius 2 is 1.85 bits per heavy atom. The van der Waals surface area contributed by atoms with Crippen LogP contribution in [-0.2, 0) is 14.3 Å². The van der Waals surface area contributed by atoms with Crippen LogP contribution in [0.25, 0.3) is 0 Å². The van der Waals surface area contributed by atoms with Crippen LogP contribution in [-0.4, -0.2) is 70.4 Å². The molecule has 1 heterocycles. The van der Waals surface area contributed by atoms with Crippen molar-refractivity contribution in [2.75, 3.05) is 18.9 Å². The van der Waals surface area contributed by atoms with Crippen molar-refractivity contribution in [3.05, 3.63) is 0 Å². The molecule has 188 valence electrons. The Labute approximate surface area is 201 Å². The fourth-order valence-electron chi connectivity index (χ4n) is 4.66. The Hall–Kier alpha value is -1.97. The van der Waals surface area contributed by atoms with E-state index in [1.165, 1.54) is 0 Å². The third-order valence-corrected chi connectivity index (χ3v) is 7.78. The lowest BCUT2D eigenvalue weighted by Crippen LogP contribution is -2.60. The number of nitrogens with two attached hydrogens (primary N) is 1. The van der Waals surface area contributed by atoms with Crippen LogP contribution >= 0.6 is 11.8 Å². The van der Waals surface area contributed by atoms with Gasteiger partial charge in [-0.15, -0.1) is 0 Å². The molecular formula is C23H41N5O4S. The zero-order chi connectivity index (χ0) is 24.6. The number of ether oxygens (including phenoxy) is 1. The predicted octanol–water partition coefficient (Wildman–Crippen LogP) is 2.62. The lowest BCUT2D eigenvalue weighted by atomic mass is 9.85. The smallest absolute Gasteiger partial charge is 0.407 e. The first-order valence-electron chi connectivity index (χ1n) is 12.1. The third kappa shape index (κ3) is 7.52. The molecule has 0 radical (unpaired) electrons. The van der Waals surface area contributed by atoms with Crippen LogP contribution in [0.2, 0.25) is 0 Å². The van der Waals surface area contributed by atoms with Gasteiger partial charge in [0.2, 0.25) is 11.8 Å². The highest BCUT2D eigenvalue weighted by Gasteiger charge is 2.44. The number of nitrogens with zero attached hydrogens (tertiary/aromatic N) is 1. The lowest BCUT2D eigenvalue weighted by Gasteiger charge is -2.37. The van der Waals surface area contributed by atoms with E-state index in [-0.39, 0.29) is 36.2 Å². The molecule has 1 saturated heterocycles. The summed E-state index contributed by atoms with van der Waals surface area (Å²) in [5.74, 6) is 0.721. The number of amides is 3. The van der Waals surface area contributed by atoms with E-state index in [0.717, 1.165) is 37.9 Å². The van der Waals surface area contributed by atoms with Gasteiger partial charge in [-0.25, -0.2) is 4.79 Å². The van der Waals surface area contributed by atoms with Gasteiger partial charge in [0.25, 0.3) is 0 Å². The molecule has 2 atom stereocenters. The van der Waals surface area contributed by atoms with Crippen LogP contribution in [0, 0.1) is 11.3 Å². The van der Waals surface area contributed by atoms with Gasteiger partial charge in [0.15, 0.2) is 0 Å². The molecule has 1 saturated carbocycles. The maximum Gasteiger partial charge on any atom is 0.407 e. The molecule has 1 aliphatic carbocycles. The average Bonchev–Trinajstić information content (AvgIpc) is 3.26. The number of alkyl carbamates (subject to hydrolysis) is 1. The van der Waals surface area contributed by atoms with Crippen molar-refractivity contribution in [2.24, 2.45) is 11.7 Å². The van der Waals surface area contributed by atoms with Crippen molar-refractivity contribution < 1.29 is 19.1 Å². The largest absolute Gasteiger partial charge is 0.450 e. The zero-order valence-electron chi connectivity index (χ0n) is 20.4. The summed E-state index contributed by atoms with van der Waals surface area (Å²) in [5.41, 5.74) is 5.62. The van der Waals surface area contributed by atoms with E-state index >= 15 is 0 Å². The Balaban J connectivity index is 2.07. The van der Waals surface area contributed by atoms with Gasteiger partial charge in [-0.3, -0.25) is 15.0 Å². The summed E-state index contributed by atoms with van der Waals surface area (Å²) in [6.07, 6.45) is 4.59. The minimum atomic E-state index is -0.800. The summed E-state index contributed by atoms with van der Waals surface area (Å²) in [5, 5.41) is 13.5. The van der Waals surface area contributed by atoms with Crippen LogP contribution in [0.3, 0.4) is 0 Å². The molecule has 0 unspecified atom stereocenters. The van der Waals surface area contributed by atoms with Gasteiger partial charge in [-0.1, -0.05) is 13.8 Å². The molecule has 33 heavy (non-hydrogen) atoms. The third-order valence-electron chi connectivity index (χ3n) is 6.51. The molecule has 9 nitrogen and oxygen atoms in total. The van der Waals surface area contributed by atoms with Gasteiger partial charge in [-0.05, 0) is 64.5 Å². The fourth-order valence-corrected chi connectivity index (χ4v) is 5.73. The molecule has 3 amide bonds. The molecule has 0 spiro atoms. The van der Waals surface area contributed by atoms with Gasteiger partial charge in [0.1, 0.15) is 12.1 Å². The summed E-state index contributed by atoms with van der Waals surface area (Å²) in [6.45, 7) is 8.56. The lowest BCUT2D eigenvalue weighted by molar-refractivity contribution is -0.140. The zero-order valence-corrected chi connectivity index (χ0v) is 21.3. The molecule has 2 rings (SSSR count). The molecule has 2 fully saturated rings. The Kier molecular flexibility index (Phi) is 10.3. The Morgan fingerprint density at radius 3 is 2.42 bits per heavy atom. The van der Waals surface area contributed by atoms with Crippen molar-refractivity contribution in [1.82, 2.24) is 15.5 Å². The monoisotopic (exact) mass is 483 g/mol. The highest BCUT2D eigenvalue weighted by molar-refractivity contribution is 8.00. The van der Waals surface area contributed by atoms with Crippen LogP contribution in [0.15, 0.2) is 0 Å². The Bertz CT molecular complexity index is 709. The van der Waals surface area contributed by atoms with Crippen LogP contribution in [0.4, 0.5) is 4.79 Å². The second-order valence-electron chi connectivity index (χ2n) is 9.45. The first-order valence-corrected chi connectivity index (χ1v) is 13.1. The first-order chi connectivity index (χ1) is 15.6. The summed E-state index contributed by atoms with van der Waals surface area (Å²) >= 11 is 1.59. The summed E-state index contributed by atoms with van der Waals surface area (Å²) in [7, 11) is 0. The van der Waals surface area contributed by atoms with Gasteiger partial charge in [0, 0.05) is 23.3 Å². The quantitative estimate of drug-likeness (QED) is 0.278. The second kappa shape index (κ2) is 12.5. The molecule has 0 bridgehead atoms. The number of amidine groups is 1. The standard InChI is InChI=1S/C23H41N5O4S/c1-5-14-32-22(31)27-18(23(3,4)33-6-2)21(30)28-13-7-8-17(28)20(29)26-16-11-9-15(10-12-16)19(24)25/h15-18H,5-14H2,1-4H3,(H3,24,25)(H,26,29)(H,27,31)/t15-,16-,17-,18-/m0/s1. The summed E-state index contributed by atoms with van der Waals surface area (Å²) < 4.78 is 4.61. The van der Waals surface area contributed by atoms with E-state index in [1.807, 2.05) is 27.7 Å². The van der Waals surface area contributed by atoms with E-state index in [4.69, 9.17) is 15.9 Å². The maximum atomic E-state index is 13.6. The first kappa shape index (κ1) is 27.3. The molecule has 0 aromatic rings. The number of likely N-dealkylation sites (tertiary alicyclic amines) is 1. The summed E-state index contributed by atoms with van der Waals surface area (Å²) in [4.78, 5) is 40.7. The minimum Gasteiger partial charge on any atom is -0.450 e. The number of carbonyl (C=O) groups is 3. The van der Waals surface area contributed by atoms with Crippen molar-refractivity contribution in [2.45, 2.75) is 95.5 Å². The highest BCUT2D eigenvalue weighted by Crippen LogP contribution is 2.31. The molecule has 1 aliphatic heterocycles. The number of hydrogen-bond donors (Lipinski definition) is 4. The normalized spacial score (nSPS) is 24.1. The number of nitrogens with one attached hydrogen (secondary N) is 3. The van der Waals surface area contributed by atoms with Gasteiger partial charge in [0.05, 0.1) is 12.4 Å². The molecule has 10 heteroatoms. The molecule has 2 aliphatic rings. The highest BCUT2D eigenvalue weighted by atomic mass is 32.2. The van der Waals surface area contributed by atoms with Gasteiger partial charge in [-0.2, -0.15) is 11.8 Å². The van der Waals surface area contributed by atoms with E-state index in [9.17, 15) is 14.4 Å². The summed E-state index contributed by atoms with van der Waals surface area (Å²) in [6, 6.07) is -1.30. The second-order valence-corrected chi connectivity index (χ2v) is 11.4. The number of thioether (sulfide) groups is 1. The molecular weight excluding hydrogens is 442 g/mol. The van der Waals surface area contributed by atoms with Crippen LogP contribution in [0.5, 0.6) is 0 Å². The van der Waals surface area contributed by atoms with Gasteiger partial charge >= 0.3 is 6.09 Å². The number of rotatable bonds is 10. The van der Waals surface area contributed by atoms with Gasteiger partial charge < -0.3 is 26.0 Å². The number of hydrogen-bond acceptors (Lipinski definition) is 6. The fraction of sp³-hybridized carbons (Fsp3) is 0.826. The van der Waals surface area contributed by atoms with E-state index in [0.29, 0.717) is 19.4 Å². The minimum absolute atomic E-state index is 0.0377. The number of carbonyl (C=O) groups excluding carboxylic acids is 3. The average molecular weight is 484 g/mol. The maximum absolute atomic E-state index is 13.6. The van der Waals surface area contributed by atoms with Crippen LogP contribution < -0.4 is 16.4 Å².